The molecule has 0 aromatic heterocycles. The molecule has 0 aliphatic carbocycles. The summed E-state index contributed by atoms with van der Waals surface area (Å²) >= 11 is 0. The average Bonchev–Trinajstić information content (AvgIpc) is 2.20. The lowest BCUT2D eigenvalue weighted by atomic mass is 9.79. The van der Waals surface area contributed by atoms with Crippen LogP contribution in [0.2, 0.25) is 0 Å². The molecular weight excluding hydrogens is 204 g/mol. The van der Waals surface area contributed by atoms with E-state index in [9.17, 15) is 15.0 Å². The molecule has 1 heterocycles. The van der Waals surface area contributed by atoms with Crippen molar-refractivity contribution in [1.29, 1.82) is 0 Å². The van der Waals surface area contributed by atoms with Crippen LogP contribution in [-0.2, 0) is 9.53 Å². The number of hydrogen-bond donors (Lipinski definition) is 5. The highest BCUT2D eigenvalue weighted by Gasteiger charge is 2.55. The quantitative estimate of drug-likeness (QED) is 0.328. The number of ketones is 1. The molecule has 1 unspecified atom stereocenters. The molecule has 1 aliphatic rings. The number of carbonyl (C=O) groups is 1. The molecule has 0 saturated carbocycles. The van der Waals surface area contributed by atoms with E-state index in [4.69, 9.17) is 21.3 Å². The SMILES string of the molecule is CC(=O)[C@]1(O)[C@H](O)[C@@H](CO)OC(N)[C@@H]1N. The molecule has 7 nitrogen and oxygen atoms in total. The minimum Gasteiger partial charge on any atom is -0.394 e. The van der Waals surface area contributed by atoms with Crippen LogP contribution in [0.3, 0.4) is 0 Å². The van der Waals surface area contributed by atoms with Gasteiger partial charge in [0.15, 0.2) is 11.4 Å². The number of Topliss-reactive ketones (excluding diaryl/α,β-unsaturated/α-hetero) is 1. The summed E-state index contributed by atoms with van der Waals surface area (Å²) in [5.74, 6) is -0.709. The maximum absolute atomic E-state index is 11.3. The van der Waals surface area contributed by atoms with E-state index in [-0.39, 0.29) is 0 Å². The van der Waals surface area contributed by atoms with Gasteiger partial charge in [-0.25, -0.2) is 0 Å². The molecule has 0 radical (unpaired) electrons. The van der Waals surface area contributed by atoms with Crippen molar-refractivity contribution in [1.82, 2.24) is 0 Å². The maximum Gasteiger partial charge on any atom is 0.169 e. The molecular formula is C8H16N2O5. The zero-order valence-corrected chi connectivity index (χ0v) is 8.33. The molecule has 5 atom stereocenters. The molecule has 0 aromatic rings. The van der Waals surface area contributed by atoms with Crippen LogP contribution in [0.1, 0.15) is 6.92 Å². The Morgan fingerprint density at radius 1 is 1.53 bits per heavy atom. The minimum atomic E-state index is -2.18. The summed E-state index contributed by atoms with van der Waals surface area (Å²) in [7, 11) is 0. The van der Waals surface area contributed by atoms with Gasteiger partial charge in [0.1, 0.15) is 18.4 Å². The van der Waals surface area contributed by atoms with Crippen LogP contribution in [-0.4, -0.2) is 57.8 Å². The lowest BCUT2D eigenvalue weighted by Crippen LogP contribution is -2.74. The Labute approximate surface area is 86.6 Å². The van der Waals surface area contributed by atoms with Gasteiger partial charge >= 0.3 is 0 Å². The Bertz CT molecular complexity index is 261. The van der Waals surface area contributed by atoms with Crippen molar-refractivity contribution >= 4 is 5.78 Å². The third-order valence-corrected chi connectivity index (χ3v) is 2.74. The highest BCUT2D eigenvalue weighted by molar-refractivity contribution is 5.86. The van der Waals surface area contributed by atoms with E-state index in [0.717, 1.165) is 6.92 Å². The summed E-state index contributed by atoms with van der Waals surface area (Å²) in [6, 6.07) is -1.23. The molecule has 88 valence electrons. The Balaban J connectivity index is 3.04. The fourth-order valence-corrected chi connectivity index (χ4v) is 1.68. The van der Waals surface area contributed by atoms with Crippen LogP contribution in [0.5, 0.6) is 0 Å². The fourth-order valence-electron chi connectivity index (χ4n) is 1.68. The Morgan fingerprint density at radius 3 is 2.47 bits per heavy atom. The van der Waals surface area contributed by atoms with Gasteiger partial charge in [0.2, 0.25) is 0 Å². The van der Waals surface area contributed by atoms with Crippen molar-refractivity contribution in [2.24, 2.45) is 11.5 Å². The van der Waals surface area contributed by atoms with E-state index in [1.165, 1.54) is 0 Å². The second-order valence-corrected chi connectivity index (χ2v) is 3.67. The highest BCUT2D eigenvalue weighted by atomic mass is 16.5. The first-order valence-electron chi connectivity index (χ1n) is 4.54. The first-order valence-corrected chi connectivity index (χ1v) is 4.54. The number of carbonyl (C=O) groups excluding carboxylic acids is 1. The third kappa shape index (κ3) is 1.78. The van der Waals surface area contributed by atoms with E-state index >= 15 is 0 Å². The van der Waals surface area contributed by atoms with Crippen LogP contribution < -0.4 is 11.5 Å². The Morgan fingerprint density at radius 2 is 2.07 bits per heavy atom. The Kier molecular flexibility index (Phi) is 3.44. The standard InChI is InChI=1S/C8H16N2O5/c1-3(12)8(14)5(9)7(10)15-4(2-11)6(8)13/h4-7,11,13-14H,2,9-10H2,1H3/t4-,5+,6-,7?,8-/m1/s1. The smallest absolute Gasteiger partial charge is 0.169 e. The van der Waals surface area contributed by atoms with Crippen molar-refractivity contribution in [3.05, 3.63) is 0 Å². The average molecular weight is 220 g/mol. The summed E-state index contributed by atoms with van der Waals surface area (Å²) in [6.45, 7) is 0.534. The van der Waals surface area contributed by atoms with Crippen LogP contribution >= 0.6 is 0 Å². The van der Waals surface area contributed by atoms with Gasteiger partial charge in [-0.05, 0) is 6.92 Å². The number of hydrogen-bond acceptors (Lipinski definition) is 7. The van der Waals surface area contributed by atoms with Crippen molar-refractivity contribution in [2.45, 2.75) is 37.0 Å². The lowest BCUT2D eigenvalue weighted by Gasteiger charge is -2.46. The molecule has 0 aromatic carbocycles. The summed E-state index contributed by atoms with van der Waals surface area (Å²) in [6.07, 6.45) is -3.82. The lowest BCUT2D eigenvalue weighted by molar-refractivity contribution is -0.227. The fraction of sp³-hybridized carbons (Fsp3) is 0.875. The van der Waals surface area contributed by atoms with E-state index in [1.807, 2.05) is 0 Å². The van der Waals surface area contributed by atoms with E-state index in [0.29, 0.717) is 0 Å². The van der Waals surface area contributed by atoms with E-state index < -0.39 is 42.5 Å². The number of nitrogens with two attached hydrogens (primary N) is 2. The topological polar surface area (TPSA) is 139 Å². The van der Waals surface area contributed by atoms with Crippen LogP contribution in [0, 0.1) is 0 Å². The zero-order valence-electron chi connectivity index (χ0n) is 8.33. The molecule has 0 amide bonds. The molecule has 7 N–H and O–H groups in total. The number of rotatable bonds is 2. The second kappa shape index (κ2) is 4.12. The van der Waals surface area contributed by atoms with Crippen LogP contribution in [0.4, 0.5) is 0 Å². The largest absolute Gasteiger partial charge is 0.394 e. The number of aliphatic hydroxyl groups excluding tert-OH is 2. The summed E-state index contributed by atoms with van der Waals surface area (Å²) < 4.78 is 4.95. The van der Waals surface area contributed by atoms with Gasteiger partial charge in [-0.1, -0.05) is 0 Å². The number of aliphatic hydroxyl groups is 3. The van der Waals surface area contributed by atoms with Crippen LogP contribution in [0.25, 0.3) is 0 Å². The summed E-state index contributed by atoms with van der Waals surface area (Å²) in [5.41, 5.74) is 8.77. The number of ether oxygens (including phenoxy) is 1. The van der Waals surface area contributed by atoms with Gasteiger partial charge in [-0.15, -0.1) is 0 Å². The highest BCUT2D eigenvalue weighted by Crippen LogP contribution is 2.27. The zero-order chi connectivity index (χ0) is 11.8. The molecule has 1 aliphatic heterocycles. The molecule has 7 heteroatoms. The monoisotopic (exact) mass is 220 g/mol. The Hall–Kier alpha value is -0.570. The van der Waals surface area contributed by atoms with Crippen molar-refractivity contribution in [3.63, 3.8) is 0 Å². The van der Waals surface area contributed by atoms with Gasteiger partial charge in [0, 0.05) is 0 Å². The summed E-state index contributed by atoms with van der Waals surface area (Å²) in [4.78, 5) is 11.3. The molecule has 15 heavy (non-hydrogen) atoms. The van der Waals surface area contributed by atoms with Gasteiger partial charge in [-0.3, -0.25) is 4.79 Å². The maximum atomic E-state index is 11.3. The third-order valence-electron chi connectivity index (χ3n) is 2.74. The second-order valence-electron chi connectivity index (χ2n) is 3.67. The predicted molar refractivity (Wildman–Crippen MR) is 49.5 cm³/mol. The van der Waals surface area contributed by atoms with Crippen LogP contribution in [0.15, 0.2) is 0 Å². The molecule has 1 fully saturated rings. The van der Waals surface area contributed by atoms with Gasteiger partial charge in [-0.2, -0.15) is 0 Å². The normalized spacial score (nSPS) is 46.5. The molecule has 1 saturated heterocycles. The molecule has 0 bridgehead atoms. The van der Waals surface area contributed by atoms with E-state index in [2.05, 4.69) is 0 Å². The minimum absolute atomic E-state index is 0.558. The van der Waals surface area contributed by atoms with Gasteiger partial charge < -0.3 is 31.5 Å². The molecule has 0 spiro atoms. The van der Waals surface area contributed by atoms with Gasteiger partial charge in [0.05, 0.1) is 12.6 Å². The first kappa shape index (κ1) is 12.5. The van der Waals surface area contributed by atoms with Crippen molar-refractivity contribution < 1.29 is 24.9 Å². The molecule has 1 rings (SSSR count). The van der Waals surface area contributed by atoms with Gasteiger partial charge in [0.25, 0.3) is 0 Å². The van der Waals surface area contributed by atoms with E-state index in [1.54, 1.807) is 0 Å². The predicted octanol–water partition coefficient (Wildman–Crippen LogP) is -3.33. The van der Waals surface area contributed by atoms with Crippen molar-refractivity contribution in [2.75, 3.05) is 6.61 Å². The summed E-state index contributed by atoms with van der Waals surface area (Å²) in [5, 5.41) is 28.5. The van der Waals surface area contributed by atoms with Crippen molar-refractivity contribution in [3.8, 4) is 0 Å². The first-order chi connectivity index (χ1) is 6.85.